The molecule has 0 spiro atoms. The minimum atomic E-state index is -0.523. The number of rotatable bonds is 2. The van der Waals surface area contributed by atoms with Crippen LogP contribution in [-0.2, 0) is 0 Å². The maximum absolute atomic E-state index is 11.3. The molecule has 0 heterocycles. The summed E-state index contributed by atoms with van der Waals surface area (Å²) in [5.74, 6) is -1.43. The van der Waals surface area contributed by atoms with Crippen LogP contribution in [0.5, 0.6) is 11.5 Å². The Hall–Kier alpha value is -1.75. The SMILES string of the molecule is C/C=N/NC(=O)c1cc(O)c(O)c(Cl)c1.CC. The predicted molar refractivity (Wildman–Crippen MR) is 67.8 cm³/mol. The molecule has 94 valence electrons. The standard InChI is InChI=1S/C9H9ClN2O3.C2H6/c1-2-11-12-9(15)5-3-6(10)8(14)7(13)4-5;1-2/h2-4,13-14H,1H3,(H,12,15);1-2H3/b11-2+;. The van der Waals surface area contributed by atoms with Gasteiger partial charge in [0.25, 0.3) is 5.91 Å². The Bertz CT molecular complexity index is 396. The van der Waals surface area contributed by atoms with E-state index in [2.05, 4.69) is 10.5 Å². The van der Waals surface area contributed by atoms with Gasteiger partial charge in [-0.25, -0.2) is 5.43 Å². The van der Waals surface area contributed by atoms with Crippen molar-refractivity contribution in [3.63, 3.8) is 0 Å². The summed E-state index contributed by atoms with van der Waals surface area (Å²) in [5, 5.41) is 21.8. The van der Waals surface area contributed by atoms with E-state index in [4.69, 9.17) is 16.7 Å². The Balaban J connectivity index is 0.00000121. The lowest BCUT2D eigenvalue weighted by atomic mass is 10.2. The van der Waals surface area contributed by atoms with Gasteiger partial charge in [0.15, 0.2) is 11.5 Å². The Morgan fingerprint density at radius 1 is 1.41 bits per heavy atom. The average molecular weight is 259 g/mol. The third-order valence-electron chi connectivity index (χ3n) is 1.60. The highest BCUT2D eigenvalue weighted by atomic mass is 35.5. The van der Waals surface area contributed by atoms with Crippen LogP contribution in [0.1, 0.15) is 31.1 Å². The Morgan fingerprint density at radius 3 is 2.47 bits per heavy atom. The zero-order valence-electron chi connectivity index (χ0n) is 9.86. The molecule has 0 aliphatic heterocycles. The van der Waals surface area contributed by atoms with E-state index in [1.807, 2.05) is 13.8 Å². The lowest BCUT2D eigenvalue weighted by Crippen LogP contribution is -2.17. The third-order valence-corrected chi connectivity index (χ3v) is 1.89. The van der Waals surface area contributed by atoms with Crippen molar-refractivity contribution >= 4 is 23.7 Å². The summed E-state index contributed by atoms with van der Waals surface area (Å²) >= 11 is 5.57. The lowest BCUT2D eigenvalue weighted by molar-refractivity contribution is 0.0954. The number of hydrogen-bond donors (Lipinski definition) is 3. The zero-order chi connectivity index (χ0) is 13.4. The van der Waals surface area contributed by atoms with Gasteiger partial charge in [0, 0.05) is 11.8 Å². The van der Waals surface area contributed by atoms with Crippen molar-refractivity contribution in [3.8, 4) is 11.5 Å². The van der Waals surface area contributed by atoms with Gasteiger partial charge in [0.2, 0.25) is 0 Å². The van der Waals surface area contributed by atoms with Crippen LogP contribution in [0, 0.1) is 0 Å². The van der Waals surface area contributed by atoms with Crippen LogP contribution in [0.25, 0.3) is 0 Å². The molecule has 0 aromatic heterocycles. The number of nitrogens with zero attached hydrogens (tertiary/aromatic N) is 1. The molecule has 0 radical (unpaired) electrons. The van der Waals surface area contributed by atoms with Crippen LogP contribution in [0.3, 0.4) is 0 Å². The van der Waals surface area contributed by atoms with Crippen LogP contribution in [0.4, 0.5) is 0 Å². The fourth-order valence-electron chi connectivity index (χ4n) is 0.903. The first-order valence-electron chi connectivity index (χ1n) is 5.05. The van der Waals surface area contributed by atoms with Crippen molar-refractivity contribution < 1.29 is 15.0 Å². The topological polar surface area (TPSA) is 81.9 Å². The van der Waals surface area contributed by atoms with Crippen molar-refractivity contribution in [1.82, 2.24) is 5.43 Å². The maximum atomic E-state index is 11.3. The fraction of sp³-hybridized carbons (Fsp3) is 0.273. The van der Waals surface area contributed by atoms with Crippen molar-refractivity contribution in [2.24, 2.45) is 5.10 Å². The molecule has 1 rings (SSSR count). The van der Waals surface area contributed by atoms with E-state index in [0.29, 0.717) is 0 Å². The highest BCUT2D eigenvalue weighted by Crippen LogP contribution is 2.33. The van der Waals surface area contributed by atoms with E-state index in [9.17, 15) is 9.90 Å². The molecule has 0 aliphatic carbocycles. The molecule has 1 aromatic rings. The van der Waals surface area contributed by atoms with Crippen LogP contribution in [0.2, 0.25) is 5.02 Å². The predicted octanol–water partition coefficient (Wildman–Crippen LogP) is 2.51. The number of amides is 1. The molecule has 0 unspecified atom stereocenters. The average Bonchev–Trinajstić information content (AvgIpc) is 2.34. The van der Waals surface area contributed by atoms with E-state index in [1.165, 1.54) is 12.3 Å². The van der Waals surface area contributed by atoms with E-state index >= 15 is 0 Å². The maximum Gasteiger partial charge on any atom is 0.271 e. The van der Waals surface area contributed by atoms with Crippen LogP contribution < -0.4 is 5.43 Å². The van der Waals surface area contributed by atoms with E-state index < -0.39 is 17.4 Å². The highest BCUT2D eigenvalue weighted by molar-refractivity contribution is 6.32. The number of nitrogens with one attached hydrogen (secondary N) is 1. The number of benzene rings is 1. The second-order valence-electron chi connectivity index (χ2n) is 2.65. The quantitative estimate of drug-likeness (QED) is 0.433. The first-order valence-corrected chi connectivity index (χ1v) is 5.43. The molecular weight excluding hydrogens is 244 g/mol. The second-order valence-corrected chi connectivity index (χ2v) is 3.06. The second kappa shape index (κ2) is 7.51. The van der Waals surface area contributed by atoms with Crippen molar-refractivity contribution in [3.05, 3.63) is 22.7 Å². The van der Waals surface area contributed by atoms with Gasteiger partial charge in [-0.1, -0.05) is 25.4 Å². The molecular formula is C11H15ClN2O3. The van der Waals surface area contributed by atoms with Gasteiger partial charge < -0.3 is 10.2 Å². The van der Waals surface area contributed by atoms with Crippen molar-refractivity contribution in [1.29, 1.82) is 0 Å². The first-order chi connectivity index (χ1) is 8.06. The van der Waals surface area contributed by atoms with Gasteiger partial charge in [-0.05, 0) is 19.1 Å². The van der Waals surface area contributed by atoms with Gasteiger partial charge in [-0.2, -0.15) is 5.10 Å². The number of phenolic OH excluding ortho intramolecular Hbond substituents is 2. The zero-order valence-corrected chi connectivity index (χ0v) is 10.6. The number of aromatic hydroxyl groups is 2. The highest BCUT2D eigenvalue weighted by Gasteiger charge is 2.11. The minimum absolute atomic E-state index is 0.0966. The number of hydrazone groups is 1. The van der Waals surface area contributed by atoms with E-state index in [0.717, 1.165) is 6.07 Å². The lowest BCUT2D eigenvalue weighted by Gasteiger charge is -2.04. The molecule has 5 nitrogen and oxygen atoms in total. The molecule has 0 saturated carbocycles. The van der Waals surface area contributed by atoms with Gasteiger partial charge in [-0.15, -0.1) is 0 Å². The summed E-state index contributed by atoms with van der Waals surface area (Å²) in [7, 11) is 0. The molecule has 0 aliphatic rings. The molecule has 6 heteroatoms. The van der Waals surface area contributed by atoms with Gasteiger partial charge in [0.05, 0.1) is 5.02 Å². The summed E-state index contributed by atoms with van der Waals surface area (Å²) in [6, 6.07) is 2.33. The molecule has 3 N–H and O–H groups in total. The van der Waals surface area contributed by atoms with Gasteiger partial charge in [0.1, 0.15) is 0 Å². The van der Waals surface area contributed by atoms with Crippen molar-refractivity contribution in [2.75, 3.05) is 0 Å². The molecule has 1 amide bonds. The molecule has 17 heavy (non-hydrogen) atoms. The van der Waals surface area contributed by atoms with Crippen LogP contribution in [0.15, 0.2) is 17.2 Å². The van der Waals surface area contributed by atoms with Crippen LogP contribution in [-0.4, -0.2) is 22.3 Å². The van der Waals surface area contributed by atoms with Gasteiger partial charge in [-0.3, -0.25) is 4.79 Å². The molecule has 0 bridgehead atoms. The monoisotopic (exact) mass is 258 g/mol. The summed E-state index contributed by atoms with van der Waals surface area (Å²) in [6.07, 6.45) is 1.40. The number of carbonyl (C=O) groups is 1. The summed E-state index contributed by atoms with van der Waals surface area (Å²) < 4.78 is 0. The number of carbonyl (C=O) groups excluding carboxylic acids is 1. The van der Waals surface area contributed by atoms with Gasteiger partial charge >= 0.3 is 0 Å². The molecule has 0 saturated heterocycles. The number of phenols is 2. The smallest absolute Gasteiger partial charge is 0.271 e. The summed E-state index contributed by atoms with van der Waals surface area (Å²) in [6.45, 7) is 5.64. The Morgan fingerprint density at radius 2 is 2.00 bits per heavy atom. The van der Waals surface area contributed by atoms with E-state index in [-0.39, 0.29) is 10.6 Å². The largest absolute Gasteiger partial charge is 0.504 e. The normalized spacial score (nSPS) is 9.65. The fourth-order valence-corrected chi connectivity index (χ4v) is 1.12. The Kier molecular flexibility index (Phi) is 6.74. The number of halogens is 1. The molecule has 1 aromatic carbocycles. The molecule has 0 fully saturated rings. The first kappa shape index (κ1) is 15.2. The summed E-state index contributed by atoms with van der Waals surface area (Å²) in [5.41, 5.74) is 2.31. The minimum Gasteiger partial charge on any atom is -0.504 e. The number of hydrogen-bond acceptors (Lipinski definition) is 4. The third kappa shape index (κ3) is 4.32. The Labute approximate surface area is 105 Å². The van der Waals surface area contributed by atoms with E-state index in [1.54, 1.807) is 6.92 Å². The molecule has 0 atom stereocenters. The summed E-state index contributed by atoms with van der Waals surface area (Å²) in [4.78, 5) is 11.3. The van der Waals surface area contributed by atoms with Crippen molar-refractivity contribution in [2.45, 2.75) is 20.8 Å². The van der Waals surface area contributed by atoms with Crippen LogP contribution >= 0.6 is 11.6 Å².